The van der Waals surface area contributed by atoms with Crippen molar-refractivity contribution < 1.29 is 33.9 Å². The maximum Gasteiger partial charge on any atom is 0.322 e. The number of guanidine groups is 1. The molecule has 0 aliphatic rings. The van der Waals surface area contributed by atoms with Gasteiger partial charge >= 0.3 is 5.97 Å². The predicted molar refractivity (Wildman–Crippen MR) is 110 cm³/mol. The summed E-state index contributed by atoms with van der Waals surface area (Å²) in [4.78, 5) is 73.3. The van der Waals surface area contributed by atoms with Gasteiger partial charge in [0.2, 0.25) is 29.5 Å². The summed E-state index contributed by atoms with van der Waals surface area (Å²) in [6.45, 7) is -1.50. The number of carboxylic acids is 1. The van der Waals surface area contributed by atoms with Crippen LogP contribution in [0.25, 0.3) is 0 Å². The van der Waals surface area contributed by atoms with Crippen LogP contribution in [0.1, 0.15) is 19.3 Å². The molecule has 5 amide bonds. The molecule has 16 nitrogen and oxygen atoms in total. The molecule has 0 spiro atoms. The number of rotatable bonds is 15. The predicted octanol–water partition coefficient (Wildman–Crippen LogP) is -5.84. The third-order valence-corrected chi connectivity index (χ3v) is 3.68. The van der Waals surface area contributed by atoms with E-state index in [1.165, 1.54) is 0 Å². The lowest BCUT2D eigenvalue weighted by molar-refractivity contribution is -0.138. The molecule has 0 radical (unpaired) electrons. The number of amides is 5. The normalized spacial score (nSPS) is 11.9. The molecule has 13 N–H and O–H groups in total. The quantitative estimate of drug-likeness (QED) is 0.0634. The number of nitrogens with two attached hydrogens (primary N) is 4. The minimum Gasteiger partial charge on any atom is -0.480 e. The molecule has 0 bridgehead atoms. The minimum atomic E-state index is -1.44. The third-order valence-electron chi connectivity index (χ3n) is 3.68. The summed E-state index contributed by atoms with van der Waals surface area (Å²) >= 11 is 0. The van der Waals surface area contributed by atoms with Crippen molar-refractivity contribution in [2.75, 3.05) is 26.2 Å². The second-order valence-corrected chi connectivity index (χ2v) is 6.39. The van der Waals surface area contributed by atoms with E-state index in [1.54, 1.807) is 0 Å². The fourth-order valence-electron chi connectivity index (χ4n) is 2.26. The number of hydrogen-bond acceptors (Lipinski definition) is 8. The smallest absolute Gasteiger partial charge is 0.322 e. The van der Waals surface area contributed by atoms with Gasteiger partial charge in [-0.3, -0.25) is 33.8 Å². The zero-order valence-corrected chi connectivity index (χ0v) is 17.3. The molecule has 0 aromatic carbocycles. The topological polar surface area (TPSA) is 287 Å². The van der Waals surface area contributed by atoms with E-state index in [0.29, 0.717) is 6.42 Å². The van der Waals surface area contributed by atoms with Crippen LogP contribution in [0, 0.1) is 0 Å². The number of carboxylic acid groups (broad SMARTS) is 1. The van der Waals surface area contributed by atoms with Crippen molar-refractivity contribution in [3.05, 3.63) is 0 Å². The van der Waals surface area contributed by atoms with Gasteiger partial charge in [-0.05, 0) is 12.8 Å². The van der Waals surface area contributed by atoms with Gasteiger partial charge in [-0.2, -0.15) is 0 Å². The Morgan fingerprint density at radius 1 is 0.844 bits per heavy atom. The number of carbonyl (C=O) groups is 6. The molecule has 0 unspecified atom stereocenters. The van der Waals surface area contributed by atoms with Crippen molar-refractivity contribution in [2.45, 2.75) is 31.3 Å². The zero-order valence-electron chi connectivity index (χ0n) is 17.3. The lowest BCUT2D eigenvalue weighted by atomic mass is 10.1. The number of aliphatic imine (C=N–C) groups is 1. The van der Waals surface area contributed by atoms with Crippen molar-refractivity contribution in [1.82, 2.24) is 21.3 Å². The minimum absolute atomic E-state index is 0.133. The van der Waals surface area contributed by atoms with Crippen LogP contribution in [-0.2, 0) is 28.8 Å². The van der Waals surface area contributed by atoms with E-state index in [9.17, 15) is 28.8 Å². The molecule has 0 heterocycles. The van der Waals surface area contributed by atoms with Gasteiger partial charge < -0.3 is 49.3 Å². The lowest BCUT2D eigenvalue weighted by Crippen LogP contribution is -2.53. The summed E-state index contributed by atoms with van der Waals surface area (Å²) < 4.78 is 0. The zero-order chi connectivity index (χ0) is 24.7. The van der Waals surface area contributed by atoms with Crippen molar-refractivity contribution >= 4 is 41.5 Å². The molecule has 0 rings (SSSR count). The summed E-state index contributed by atoms with van der Waals surface area (Å²) in [5, 5.41) is 17.4. The lowest BCUT2D eigenvalue weighted by Gasteiger charge is -2.19. The second-order valence-electron chi connectivity index (χ2n) is 6.39. The number of hydrogen-bond donors (Lipinski definition) is 9. The Bertz CT molecular complexity index is 737. The molecule has 180 valence electrons. The molecule has 0 aromatic heterocycles. The van der Waals surface area contributed by atoms with Crippen LogP contribution in [0.2, 0.25) is 0 Å². The van der Waals surface area contributed by atoms with Crippen LogP contribution in [0.3, 0.4) is 0 Å². The average Bonchev–Trinajstić information content (AvgIpc) is 2.71. The van der Waals surface area contributed by atoms with Gasteiger partial charge in [0.15, 0.2) is 5.96 Å². The van der Waals surface area contributed by atoms with Crippen LogP contribution in [0.4, 0.5) is 0 Å². The molecule has 16 heteroatoms. The molecule has 0 aromatic rings. The first kappa shape index (κ1) is 28.0. The highest BCUT2D eigenvalue weighted by atomic mass is 16.4. The number of aliphatic carboxylic acids is 1. The molecule has 0 fully saturated rings. The molecule has 0 aliphatic heterocycles. The molecular weight excluding hydrogens is 430 g/mol. The highest BCUT2D eigenvalue weighted by Gasteiger charge is 2.25. The van der Waals surface area contributed by atoms with E-state index in [1.807, 2.05) is 5.32 Å². The average molecular weight is 459 g/mol. The fraction of sp³-hybridized carbons (Fsp3) is 0.562. The fourth-order valence-corrected chi connectivity index (χ4v) is 2.26. The van der Waals surface area contributed by atoms with E-state index in [-0.39, 0.29) is 25.5 Å². The Morgan fingerprint density at radius 3 is 1.94 bits per heavy atom. The largest absolute Gasteiger partial charge is 0.480 e. The Hall–Kier alpha value is -3.95. The maximum atomic E-state index is 12.4. The first-order chi connectivity index (χ1) is 15.0. The van der Waals surface area contributed by atoms with E-state index >= 15 is 0 Å². The van der Waals surface area contributed by atoms with Crippen molar-refractivity contribution in [2.24, 2.45) is 27.9 Å². The highest BCUT2D eigenvalue weighted by Crippen LogP contribution is 1.99. The van der Waals surface area contributed by atoms with Gasteiger partial charge in [-0.15, -0.1) is 0 Å². The van der Waals surface area contributed by atoms with Gasteiger partial charge in [0, 0.05) is 6.54 Å². The molecule has 32 heavy (non-hydrogen) atoms. The van der Waals surface area contributed by atoms with Gasteiger partial charge in [0.25, 0.3) is 0 Å². The van der Waals surface area contributed by atoms with Gasteiger partial charge in [0.05, 0.1) is 19.5 Å². The molecule has 0 saturated carbocycles. The molecular formula is C16H29N9O7. The molecule has 0 aliphatic carbocycles. The van der Waals surface area contributed by atoms with E-state index in [0.717, 1.165) is 0 Å². The Balaban J connectivity index is 4.89. The number of carbonyl (C=O) groups excluding carboxylic acids is 5. The van der Waals surface area contributed by atoms with E-state index < -0.39 is 67.1 Å². The number of primary amides is 1. The number of nitrogens with one attached hydrogen (secondary N) is 4. The van der Waals surface area contributed by atoms with Crippen molar-refractivity contribution in [3.8, 4) is 0 Å². The summed E-state index contributed by atoms with van der Waals surface area (Å²) in [6, 6.07) is -2.48. The summed E-state index contributed by atoms with van der Waals surface area (Å²) in [5.74, 6) is -5.51. The van der Waals surface area contributed by atoms with Crippen molar-refractivity contribution in [1.29, 1.82) is 0 Å². The van der Waals surface area contributed by atoms with E-state index in [4.69, 9.17) is 28.0 Å². The first-order valence-electron chi connectivity index (χ1n) is 9.35. The molecule has 2 atom stereocenters. The van der Waals surface area contributed by atoms with Gasteiger partial charge in [-0.1, -0.05) is 0 Å². The van der Waals surface area contributed by atoms with E-state index in [2.05, 4.69) is 20.9 Å². The standard InChI is InChI=1S/C16H29N9O7/c17-5-11(27)24-8(2-1-3-21-16(19)20)14(31)22-6-12(28)25-9(4-10(18)26)15(32)23-7-13(29)30/h8-9H,1-7,17H2,(H2,18,26)(H,22,31)(H,23,32)(H,24,27)(H,25,28)(H,29,30)(H4,19,20,21)/t8-,9-/m1/s1. The molecule has 0 saturated heterocycles. The summed E-state index contributed by atoms with van der Waals surface area (Å²) in [7, 11) is 0. The van der Waals surface area contributed by atoms with Crippen LogP contribution in [0.15, 0.2) is 4.99 Å². The van der Waals surface area contributed by atoms with Crippen LogP contribution in [0.5, 0.6) is 0 Å². The summed E-state index contributed by atoms with van der Waals surface area (Å²) in [6.07, 6.45) is -0.125. The third kappa shape index (κ3) is 13.3. The SMILES string of the molecule is NCC(=O)N[C@H](CCCN=C(N)N)C(=O)NCC(=O)N[C@H](CC(N)=O)C(=O)NCC(=O)O. The second kappa shape index (κ2) is 14.9. The Labute approximate surface area is 182 Å². The maximum absolute atomic E-state index is 12.4. The number of nitrogens with zero attached hydrogens (tertiary/aromatic N) is 1. The van der Waals surface area contributed by atoms with Gasteiger partial charge in [-0.25, -0.2) is 0 Å². The Kier molecular flexibility index (Phi) is 13.1. The highest BCUT2D eigenvalue weighted by molar-refractivity contribution is 5.95. The first-order valence-corrected chi connectivity index (χ1v) is 9.35. The monoisotopic (exact) mass is 459 g/mol. The van der Waals surface area contributed by atoms with Gasteiger partial charge in [0.1, 0.15) is 18.6 Å². The summed E-state index contributed by atoms with van der Waals surface area (Å²) in [5.41, 5.74) is 20.7. The van der Waals surface area contributed by atoms with Crippen molar-refractivity contribution in [3.63, 3.8) is 0 Å². The van der Waals surface area contributed by atoms with Crippen LogP contribution < -0.4 is 44.2 Å². The van der Waals surface area contributed by atoms with Crippen LogP contribution >= 0.6 is 0 Å². The Morgan fingerprint density at radius 2 is 1.41 bits per heavy atom. The van der Waals surface area contributed by atoms with Crippen LogP contribution in [-0.4, -0.2) is 84.8 Å².